The van der Waals surface area contributed by atoms with Crippen LogP contribution in [0.15, 0.2) is 30.5 Å². The van der Waals surface area contributed by atoms with Crippen molar-refractivity contribution in [3.05, 3.63) is 36.0 Å². The molecule has 45 heavy (non-hydrogen) atoms. The van der Waals surface area contributed by atoms with E-state index in [0.29, 0.717) is 6.42 Å². The Bertz CT molecular complexity index is 1430. The average molecular weight is 630 g/mol. The van der Waals surface area contributed by atoms with Gasteiger partial charge in [0.25, 0.3) is 0 Å². The van der Waals surface area contributed by atoms with Crippen LogP contribution >= 0.6 is 0 Å². The Labute approximate surface area is 262 Å². The molecule has 1 aromatic heterocycles. The lowest BCUT2D eigenvalue weighted by molar-refractivity contribution is -0.146. The average Bonchev–Trinajstić information content (AvgIpc) is 3.64. The SMILES string of the molecule is [2H]N[C@H](Cc1c[nH]c2ccccc12)C(=O)N[C@@H](CC(=O)O)C(=O)N1CCC[C@H]1C(=O)N[C@@H](C(=O)N[C@@H](CC(C)C)C(=O)O)C(C)C. The summed E-state index contributed by atoms with van der Waals surface area (Å²) in [5, 5.41) is 27.5. The van der Waals surface area contributed by atoms with Gasteiger partial charge in [-0.15, -0.1) is 0 Å². The third kappa shape index (κ3) is 9.27. The molecule has 14 nitrogen and oxygen atoms in total. The minimum atomic E-state index is -1.52. The van der Waals surface area contributed by atoms with E-state index in [1.54, 1.807) is 20.0 Å². The molecule has 4 amide bonds. The first kappa shape index (κ1) is 33.4. The molecule has 1 aliphatic heterocycles. The van der Waals surface area contributed by atoms with Crippen LogP contribution in [0.2, 0.25) is 1.41 Å². The Morgan fingerprint density at radius 3 is 2.33 bits per heavy atom. The summed E-state index contributed by atoms with van der Waals surface area (Å²) >= 11 is 0. The topological polar surface area (TPSA) is 224 Å². The quantitative estimate of drug-likeness (QED) is 0.139. The fourth-order valence-corrected chi connectivity index (χ4v) is 5.50. The molecule has 1 aromatic carbocycles. The number of hydrogen-bond acceptors (Lipinski definition) is 7. The molecule has 2 aromatic rings. The van der Waals surface area contributed by atoms with E-state index in [1.807, 2.05) is 38.1 Å². The molecule has 5 atom stereocenters. The molecule has 246 valence electrons. The maximum absolute atomic E-state index is 13.7. The number of aliphatic carboxylic acids is 2. The van der Waals surface area contributed by atoms with Gasteiger partial charge in [0, 0.05) is 23.6 Å². The minimum Gasteiger partial charge on any atom is -0.481 e. The molecule has 0 spiro atoms. The van der Waals surface area contributed by atoms with Crippen molar-refractivity contribution in [2.75, 3.05) is 6.54 Å². The van der Waals surface area contributed by atoms with E-state index >= 15 is 0 Å². The fourth-order valence-electron chi connectivity index (χ4n) is 5.50. The number of aromatic amines is 1. The number of H-pyrrole nitrogens is 1. The third-order valence-electron chi connectivity index (χ3n) is 7.82. The molecule has 3 rings (SSSR count). The molecule has 14 heteroatoms. The van der Waals surface area contributed by atoms with Gasteiger partial charge in [-0.05, 0) is 49.1 Å². The van der Waals surface area contributed by atoms with E-state index < -0.39 is 78.1 Å². The normalized spacial score (nSPS) is 17.8. The summed E-state index contributed by atoms with van der Waals surface area (Å²) in [6.45, 7) is 7.13. The first-order valence-corrected chi connectivity index (χ1v) is 15.1. The molecule has 1 saturated heterocycles. The molecule has 1 aliphatic rings. The molecular formula is C31H44N6O8. The second-order valence-electron chi connectivity index (χ2n) is 12.2. The zero-order valence-corrected chi connectivity index (χ0v) is 26.0. The Morgan fingerprint density at radius 1 is 1.02 bits per heavy atom. The molecule has 8 N–H and O–H groups in total. The number of rotatable bonds is 16. The van der Waals surface area contributed by atoms with Crippen molar-refractivity contribution in [1.82, 2.24) is 25.8 Å². The van der Waals surface area contributed by atoms with Crippen LogP contribution in [-0.2, 0) is 35.2 Å². The van der Waals surface area contributed by atoms with Crippen LogP contribution in [0.5, 0.6) is 0 Å². The van der Waals surface area contributed by atoms with Gasteiger partial charge in [-0.25, -0.2) is 4.79 Å². The molecule has 0 unspecified atom stereocenters. The van der Waals surface area contributed by atoms with Crippen molar-refractivity contribution in [3.63, 3.8) is 0 Å². The molecule has 0 aliphatic carbocycles. The highest BCUT2D eigenvalue weighted by molar-refractivity contribution is 5.97. The highest BCUT2D eigenvalue weighted by atomic mass is 16.4. The first-order valence-electron chi connectivity index (χ1n) is 15.6. The lowest BCUT2D eigenvalue weighted by Crippen LogP contribution is -2.59. The number of benzene rings is 1. The van der Waals surface area contributed by atoms with E-state index in [9.17, 15) is 39.0 Å². The highest BCUT2D eigenvalue weighted by Crippen LogP contribution is 2.21. The van der Waals surface area contributed by atoms with Crippen molar-refractivity contribution in [1.29, 1.82) is 0 Å². The van der Waals surface area contributed by atoms with Crippen LogP contribution in [0.3, 0.4) is 0 Å². The maximum Gasteiger partial charge on any atom is 0.326 e. The molecular weight excluding hydrogens is 584 g/mol. The number of carboxylic acids is 2. The Morgan fingerprint density at radius 2 is 1.71 bits per heavy atom. The number of para-hydroxylation sites is 1. The van der Waals surface area contributed by atoms with E-state index in [-0.39, 0.29) is 31.7 Å². The van der Waals surface area contributed by atoms with Crippen molar-refractivity contribution in [3.8, 4) is 0 Å². The molecule has 2 heterocycles. The van der Waals surface area contributed by atoms with Crippen LogP contribution in [-0.4, -0.2) is 92.4 Å². The number of carbonyl (C=O) groups is 6. The zero-order valence-electron chi connectivity index (χ0n) is 27.0. The van der Waals surface area contributed by atoms with Gasteiger partial charge >= 0.3 is 11.9 Å². The van der Waals surface area contributed by atoms with Crippen LogP contribution in [0.1, 0.15) is 58.9 Å². The standard InChI is InChI=1S/C31H44N6O8/c1-16(2)12-23(31(44)45)35-29(42)26(17(3)4)36-28(41)24-10-7-11-37(24)30(43)22(14-25(38)39)34-27(40)20(32)13-18-15-33-21-9-6-5-8-19(18)21/h5-6,8-9,15-17,20,22-24,26,33H,7,10-14,32H2,1-4H3,(H,34,40)(H,35,42)(H,36,41)(H,38,39)(H,44,45)/t20-,22+,23+,24+,26-/m1/s1/i/hD. The number of hydrogen-bond donors (Lipinski definition) is 7. The zero-order chi connectivity index (χ0) is 34.1. The predicted octanol–water partition coefficient (Wildman–Crippen LogP) is 0.745. The molecule has 1 fully saturated rings. The fraction of sp³-hybridized carbons (Fsp3) is 0.548. The van der Waals surface area contributed by atoms with Crippen LogP contribution in [0.25, 0.3) is 10.9 Å². The number of nitrogens with zero attached hydrogens (tertiary/aromatic N) is 1. The maximum atomic E-state index is 13.7. The van der Waals surface area contributed by atoms with Gasteiger partial charge < -0.3 is 41.8 Å². The van der Waals surface area contributed by atoms with Crippen molar-refractivity contribution in [2.24, 2.45) is 17.6 Å². The number of fused-ring (bicyclic) bond motifs is 1. The summed E-state index contributed by atoms with van der Waals surface area (Å²) in [6, 6.07) is 1.49. The van der Waals surface area contributed by atoms with Crippen LogP contribution < -0.4 is 21.7 Å². The number of carboxylic acid groups (broad SMARTS) is 2. The van der Waals surface area contributed by atoms with Gasteiger partial charge in [-0.1, -0.05) is 45.9 Å². The van der Waals surface area contributed by atoms with Gasteiger partial charge in [-0.3, -0.25) is 24.0 Å². The number of nitrogens with one attached hydrogen (secondary N) is 4. The lowest BCUT2D eigenvalue weighted by atomic mass is 10.00. The summed E-state index contributed by atoms with van der Waals surface area (Å²) in [5.74, 6) is -5.84. The van der Waals surface area contributed by atoms with Crippen molar-refractivity contribution < 1.29 is 40.4 Å². The summed E-state index contributed by atoms with van der Waals surface area (Å²) < 4.78 is 7.73. The number of likely N-dealkylation sites (tertiary alicyclic amines) is 1. The number of nitrogens with two attached hydrogens (primary N) is 1. The number of aromatic nitrogens is 1. The van der Waals surface area contributed by atoms with Crippen LogP contribution in [0.4, 0.5) is 0 Å². The predicted molar refractivity (Wildman–Crippen MR) is 165 cm³/mol. The summed E-state index contributed by atoms with van der Waals surface area (Å²) in [7, 11) is 0. The second kappa shape index (κ2) is 15.5. The number of carbonyl (C=O) groups excluding carboxylic acids is 4. The smallest absolute Gasteiger partial charge is 0.326 e. The van der Waals surface area contributed by atoms with E-state index in [1.165, 1.54) is 4.90 Å². The molecule has 0 saturated carbocycles. The highest BCUT2D eigenvalue weighted by Gasteiger charge is 2.40. The van der Waals surface area contributed by atoms with Crippen molar-refractivity contribution >= 4 is 46.5 Å². The lowest BCUT2D eigenvalue weighted by Gasteiger charge is -2.31. The monoisotopic (exact) mass is 629 g/mol. The summed E-state index contributed by atoms with van der Waals surface area (Å²) in [4.78, 5) is 81.1. The Hall–Kier alpha value is -4.46. The third-order valence-corrected chi connectivity index (χ3v) is 7.82. The first-order chi connectivity index (χ1) is 21.7. The van der Waals surface area contributed by atoms with Gasteiger partial charge in [0.05, 0.1) is 12.5 Å². The Kier molecular flexibility index (Phi) is 11.5. The van der Waals surface area contributed by atoms with E-state index in [2.05, 4.69) is 26.7 Å². The summed E-state index contributed by atoms with van der Waals surface area (Å²) in [6.07, 6.45) is 1.90. The number of amides is 4. The largest absolute Gasteiger partial charge is 0.481 e. The van der Waals surface area contributed by atoms with Gasteiger partial charge in [0.1, 0.15) is 25.6 Å². The van der Waals surface area contributed by atoms with Gasteiger partial charge in [-0.2, -0.15) is 0 Å². The van der Waals surface area contributed by atoms with Gasteiger partial charge in [0.15, 0.2) is 0 Å². The summed E-state index contributed by atoms with van der Waals surface area (Å²) in [5.41, 5.74) is 3.77. The van der Waals surface area contributed by atoms with Crippen LogP contribution in [0, 0.1) is 11.8 Å². The second-order valence-corrected chi connectivity index (χ2v) is 12.2. The van der Waals surface area contributed by atoms with Gasteiger partial charge in [0.2, 0.25) is 23.6 Å². The van der Waals surface area contributed by atoms with E-state index in [4.69, 9.17) is 1.41 Å². The Balaban J connectivity index is 1.73. The van der Waals surface area contributed by atoms with Crippen molar-refractivity contribution in [2.45, 2.75) is 90.0 Å². The molecule has 0 radical (unpaired) electrons. The minimum absolute atomic E-state index is 0.00788. The van der Waals surface area contributed by atoms with E-state index in [0.717, 1.165) is 16.5 Å². The molecule has 0 bridgehead atoms.